The standard InChI is InChI=1S/C28H43N3O6/c1-17(2)24(26(29)32)30-27(33)20-13-9-10-14-31(20)28(34)23(18-11-7-6-8-12-18)19-15-21(35-3)25(37-5)22(16-19)36-4/h15-18,20,23-24H,6-14H2,1-5H3,(H2,29,32)(H,30,33)/t20-,23?,24?/m0/s1. The van der Waals surface area contributed by atoms with Gasteiger partial charge in [-0.05, 0) is 61.6 Å². The molecule has 1 aliphatic carbocycles. The molecule has 9 nitrogen and oxygen atoms in total. The first-order valence-corrected chi connectivity index (χ1v) is 13.4. The van der Waals surface area contributed by atoms with Crippen LogP contribution in [-0.2, 0) is 14.4 Å². The van der Waals surface area contributed by atoms with Crippen LogP contribution in [0.3, 0.4) is 0 Å². The average Bonchev–Trinajstić information content (AvgIpc) is 2.91. The number of carbonyl (C=O) groups is 3. The Morgan fingerprint density at radius 2 is 1.51 bits per heavy atom. The summed E-state index contributed by atoms with van der Waals surface area (Å²) in [5.74, 6) is 0.0596. The molecule has 1 aliphatic heterocycles. The van der Waals surface area contributed by atoms with E-state index in [-0.39, 0.29) is 23.7 Å². The van der Waals surface area contributed by atoms with Crippen LogP contribution < -0.4 is 25.3 Å². The Morgan fingerprint density at radius 3 is 2.03 bits per heavy atom. The summed E-state index contributed by atoms with van der Waals surface area (Å²) in [5, 5.41) is 2.82. The third-order valence-electron chi connectivity index (χ3n) is 7.79. The van der Waals surface area contributed by atoms with Crippen molar-refractivity contribution in [3.63, 3.8) is 0 Å². The van der Waals surface area contributed by atoms with Gasteiger partial charge >= 0.3 is 0 Å². The lowest BCUT2D eigenvalue weighted by molar-refractivity contribution is -0.145. The number of ether oxygens (including phenoxy) is 3. The minimum absolute atomic E-state index is 0.0683. The first-order chi connectivity index (χ1) is 17.7. The summed E-state index contributed by atoms with van der Waals surface area (Å²) in [5.41, 5.74) is 6.34. The van der Waals surface area contributed by atoms with E-state index in [2.05, 4.69) is 5.32 Å². The molecule has 2 unspecified atom stereocenters. The summed E-state index contributed by atoms with van der Waals surface area (Å²) < 4.78 is 16.7. The van der Waals surface area contributed by atoms with Crippen LogP contribution >= 0.6 is 0 Å². The topological polar surface area (TPSA) is 120 Å². The Morgan fingerprint density at radius 1 is 0.919 bits per heavy atom. The SMILES string of the molecule is COc1cc(C(C(=O)N2CCCC[C@H]2C(=O)NC(C(N)=O)C(C)C)C2CCCCC2)cc(OC)c1OC. The van der Waals surface area contributed by atoms with Gasteiger partial charge < -0.3 is 30.2 Å². The second kappa shape index (κ2) is 13.0. The molecule has 1 aromatic carbocycles. The highest BCUT2D eigenvalue weighted by Crippen LogP contribution is 2.45. The molecular weight excluding hydrogens is 474 g/mol. The fourth-order valence-corrected chi connectivity index (χ4v) is 5.83. The molecule has 1 aromatic rings. The van der Waals surface area contributed by atoms with Crippen LogP contribution in [0.15, 0.2) is 12.1 Å². The summed E-state index contributed by atoms with van der Waals surface area (Å²) in [7, 11) is 4.68. The van der Waals surface area contributed by atoms with Crippen LogP contribution in [0.1, 0.15) is 76.7 Å². The zero-order valence-corrected chi connectivity index (χ0v) is 22.9. The quantitative estimate of drug-likeness (QED) is 0.491. The number of likely N-dealkylation sites (tertiary alicyclic amines) is 1. The summed E-state index contributed by atoms with van der Waals surface area (Å²) >= 11 is 0. The lowest BCUT2D eigenvalue weighted by atomic mass is 9.75. The minimum Gasteiger partial charge on any atom is -0.493 e. The molecule has 1 saturated carbocycles. The summed E-state index contributed by atoms with van der Waals surface area (Å²) in [6.45, 7) is 4.17. The number of piperidine rings is 1. The Hall–Kier alpha value is -2.97. The van der Waals surface area contributed by atoms with Crippen LogP contribution in [0.4, 0.5) is 0 Å². The smallest absolute Gasteiger partial charge is 0.243 e. The molecular formula is C28H43N3O6. The molecule has 37 heavy (non-hydrogen) atoms. The van der Waals surface area contributed by atoms with E-state index in [0.29, 0.717) is 30.2 Å². The molecule has 0 bridgehead atoms. The van der Waals surface area contributed by atoms with Crippen molar-refractivity contribution in [2.45, 2.75) is 83.2 Å². The number of methoxy groups -OCH3 is 3. The maximum absolute atomic E-state index is 14.4. The molecule has 206 valence electrons. The molecule has 3 amide bonds. The number of nitrogens with one attached hydrogen (secondary N) is 1. The van der Waals surface area contributed by atoms with Gasteiger partial charge in [0.1, 0.15) is 12.1 Å². The van der Waals surface area contributed by atoms with Crippen molar-refractivity contribution >= 4 is 17.7 Å². The van der Waals surface area contributed by atoms with E-state index in [9.17, 15) is 14.4 Å². The van der Waals surface area contributed by atoms with E-state index in [4.69, 9.17) is 19.9 Å². The number of amides is 3. The van der Waals surface area contributed by atoms with Gasteiger partial charge in [-0.3, -0.25) is 14.4 Å². The van der Waals surface area contributed by atoms with Crippen LogP contribution in [0.25, 0.3) is 0 Å². The van der Waals surface area contributed by atoms with Gasteiger partial charge in [-0.15, -0.1) is 0 Å². The van der Waals surface area contributed by atoms with Crippen LogP contribution in [0.2, 0.25) is 0 Å². The van der Waals surface area contributed by atoms with Crippen molar-refractivity contribution in [2.75, 3.05) is 27.9 Å². The Bertz CT molecular complexity index is 934. The van der Waals surface area contributed by atoms with Gasteiger partial charge in [-0.1, -0.05) is 33.1 Å². The fraction of sp³-hybridized carbons (Fsp3) is 0.679. The zero-order chi connectivity index (χ0) is 27.1. The van der Waals surface area contributed by atoms with Gasteiger partial charge in [0.05, 0.1) is 27.2 Å². The molecule has 3 N–H and O–H groups in total. The van der Waals surface area contributed by atoms with Gasteiger partial charge in [0.15, 0.2) is 11.5 Å². The van der Waals surface area contributed by atoms with E-state index in [1.54, 1.807) is 26.2 Å². The Balaban J connectivity index is 1.99. The second-order valence-electron chi connectivity index (χ2n) is 10.5. The molecule has 0 aromatic heterocycles. The van der Waals surface area contributed by atoms with E-state index >= 15 is 0 Å². The lowest BCUT2D eigenvalue weighted by Crippen LogP contribution is -2.57. The predicted octanol–water partition coefficient (Wildman–Crippen LogP) is 3.38. The summed E-state index contributed by atoms with van der Waals surface area (Å²) in [4.78, 5) is 41.4. The first kappa shape index (κ1) is 28.6. The molecule has 2 fully saturated rings. The van der Waals surface area contributed by atoms with E-state index in [1.807, 2.05) is 26.0 Å². The summed E-state index contributed by atoms with van der Waals surface area (Å²) in [6.07, 6.45) is 7.38. The monoisotopic (exact) mass is 517 g/mol. The number of rotatable bonds is 10. The van der Waals surface area contributed by atoms with Crippen molar-refractivity contribution in [2.24, 2.45) is 17.6 Å². The van der Waals surface area contributed by atoms with Gasteiger partial charge in [0, 0.05) is 6.54 Å². The summed E-state index contributed by atoms with van der Waals surface area (Å²) in [6, 6.07) is 2.30. The third-order valence-corrected chi connectivity index (χ3v) is 7.79. The minimum atomic E-state index is -0.782. The van der Waals surface area contributed by atoms with Crippen LogP contribution in [0, 0.1) is 11.8 Å². The van der Waals surface area contributed by atoms with Crippen LogP contribution in [-0.4, -0.2) is 62.6 Å². The van der Waals surface area contributed by atoms with Crippen molar-refractivity contribution in [1.29, 1.82) is 0 Å². The van der Waals surface area contributed by atoms with Crippen molar-refractivity contribution in [3.8, 4) is 17.2 Å². The average molecular weight is 518 g/mol. The molecule has 0 radical (unpaired) electrons. The lowest BCUT2D eigenvalue weighted by Gasteiger charge is -2.40. The van der Waals surface area contributed by atoms with Gasteiger partial charge in [-0.25, -0.2) is 0 Å². The highest BCUT2D eigenvalue weighted by molar-refractivity contribution is 5.93. The van der Waals surface area contributed by atoms with Crippen LogP contribution in [0.5, 0.6) is 17.2 Å². The normalized spacial score (nSPS) is 20.2. The zero-order valence-electron chi connectivity index (χ0n) is 22.9. The number of benzene rings is 1. The van der Waals surface area contributed by atoms with Crippen molar-refractivity contribution in [3.05, 3.63) is 17.7 Å². The maximum atomic E-state index is 14.4. The number of carbonyl (C=O) groups excluding carboxylic acids is 3. The first-order valence-electron chi connectivity index (χ1n) is 13.4. The number of primary amides is 1. The fourth-order valence-electron chi connectivity index (χ4n) is 5.83. The molecule has 2 aliphatic rings. The maximum Gasteiger partial charge on any atom is 0.243 e. The highest BCUT2D eigenvalue weighted by Gasteiger charge is 2.41. The molecule has 0 spiro atoms. The Kier molecular flexibility index (Phi) is 10.1. The van der Waals surface area contributed by atoms with Crippen molar-refractivity contribution < 1.29 is 28.6 Å². The number of hydrogen-bond donors (Lipinski definition) is 2. The molecule has 3 atom stereocenters. The van der Waals surface area contributed by atoms with E-state index in [1.165, 1.54) is 0 Å². The van der Waals surface area contributed by atoms with Crippen molar-refractivity contribution in [1.82, 2.24) is 10.2 Å². The third kappa shape index (κ3) is 6.48. The number of hydrogen-bond acceptors (Lipinski definition) is 6. The predicted molar refractivity (Wildman–Crippen MR) is 141 cm³/mol. The van der Waals surface area contributed by atoms with Gasteiger partial charge in [0.25, 0.3) is 0 Å². The number of nitrogens with zero attached hydrogens (tertiary/aromatic N) is 1. The van der Waals surface area contributed by atoms with Gasteiger partial charge in [-0.2, -0.15) is 0 Å². The van der Waals surface area contributed by atoms with Gasteiger partial charge in [0.2, 0.25) is 23.5 Å². The highest BCUT2D eigenvalue weighted by atomic mass is 16.5. The second-order valence-corrected chi connectivity index (χ2v) is 10.5. The molecule has 3 rings (SSSR count). The number of nitrogens with two attached hydrogens (primary N) is 1. The van der Waals surface area contributed by atoms with E-state index < -0.39 is 23.9 Å². The molecule has 1 saturated heterocycles. The molecule has 1 heterocycles. The Labute approximate surface area is 220 Å². The largest absolute Gasteiger partial charge is 0.493 e. The van der Waals surface area contributed by atoms with E-state index in [0.717, 1.165) is 50.5 Å². The molecule has 9 heteroatoms.